The van der Waals surface area contributed by atoms with E-state index in [0.717, 1.165) is 6.42 Å². The Labute approximate surface area is 114 Å². The third-order valence-corrected chi connectivity index (χ3v) is 3.99. The molecule has 0 aliphatic heterocycles. The van der Waals surface area contributed by atoms with Crippen LogP contribution in [0.15, 0.2) is 12.1 Å². The molecular formula is C11H11Cl3N2O. The maximum absolute atomic E-state index is 11.9. The summed E-state index contributed by atoms with van der Waals surface area (Å²) in [6.07, 6.45) is 2.36. The highest BCUT2D eigenvalue weighted by atomic mass is 35.5. The van der Waals surface area contributed by atoms with E-state index in [9.17, 15) is 4.79 Å². The van der Waals surface area contributed by atoms with Gasteiger partial charge in [0.2, 0.25) is 5.91 Å². The summed E-state index contributed by atoms with van der Waals surface area (Å²) < 4.78 is 0. The first-order chi connectivity index (χ1) is 7.92. The van der Waals surface area contributed by atoms with Crippen molar-refractivity contribution in [2.45, 2.75) is 24.8 Å². The van der Waals surface area contributed by atoms with E-state index in [-0.39, 0.29) is 5.91 Å². The lowest BCUT2D eigenvalue weighted by molar-refractivity contribution is -0.123. The van der Waals surface area contributed by atoms with Gasteiger partial charge in [0.25, 0.3) is 0 Å². The number of anilines is 1. The zero-order valence-electron chi connectivity index (χ0n) is 8.90. The Morgan fingerprint density at radius 1 is 1.18 bits per heavy atom. The van der Waals surface area contributed by atoms with Crippen LogP contribution in [0, 0.1) is 0 Å². The highest BCUT2D eigenvalue weighted by Gasteiger charge is 2.40. The van der Waals surface area contributed by atoms with E-state index in [1.54, 1.807) is 0 Å². The van der Waals surface area contributed by atoms with Gasteiger partial charge in [0.1, 0.15) is 0 Å². The first-order valence-electron chi connectivity index (χ1n) is 5.17. The van der Waals surface area contributed by atoms with Crippen LogP contribution in [-0.2, 0) is 4.79 Å². The summed E-state index contributed by atoms with van der Waals surface area (Å²) in [5.41, 5.74) is 5.56. The molecule has 2 rings (SSSR count). The Balaban J connectivity index is 2.19. The van der Waals surface area contributed by atoms with E-state index in [0.29, 0.717) is 33.6 Å². The van der Waals surface area contributed by atoms with Gasteiger partial charge in [-0.1, -0.05) is 34.8 Å². The number of halogens is 3. The molecule has 0 radical (unpaired) electrons. The quantitative estimate of drug-likeness (QED) is 0.820. The predicted octanol–water partition coefficient (Wildman–Crippen LogP) is 3.47. The molecule has 1 aliphatic rings. The monoisotopic (exact) mass is 292 g/mol. The Bertz CT molecular complexity index is 472. The molecule has 1 aromatic carbocycles. The Morgan fingerprint density at radius 3 is 2.29 bits per heavy atom. The van der Waals surface area contributed by atoms with Crippen molar-refractivity contribution in [3.8, 4) is 0 Å². The summed E-state index contributed by atoms with van der Waals surface area (Å²) in [5.74, 6) is -0.232. The van der Waals surface area contributed by atoms with Crippen LogP contribution in [0.1, 0.15) is 19.3 Å². The Hall–Kier alpha value is -0.480. The van der Waals surface area contributed by atoms with Gasteiger partial charge in [-0.05, 0) is 31.4 Å². The minimum Gasteiger partial charge on any atom is -0.323 e. The fourth-order valence-electron chi connectivity index (χ4n) is 1.65. The van der Waals surface area contributed by atoms with Crippen molar-refractivity contribution in [1.82, 2.24) is 0 Å². The standard InChI is InChI=1S/C11H11Cl3N2O/c12-6-4-8(14)9(5-7(6)13)16-10(17)11(15)2-1-3-11/h4-5H,1-3,15H2,(H,16,17). The summed E-state index contributed by atoms with van der Waals surface area (Å²) in [6, 6.07) is 3.01. The molecular weight excluding hydrogens is 282 g/mol. The summed E-state index contributed by atoms with van der Waals surface area (Å²) in [4.78, 5) is 11.9. The molecule has 0 heterocycles. The van der Waals surface area contributed by atoms with Crippen LogP contribution in [0.4, 0.5) is 5.69 Å². The van der Waals surface area contributed by atoms with Crippen LogP contribution >= 0.6 is 34.8 Å². The molecule has 0 bridgehead atoms. The lowest BCUT2D eigenvalue weighted by Gasteiger charge is -2.36. The Kier molecular flexibility index (Phi) is 3.55. The van der Waals surface area contributed by atoms with Gasteiger partial charge in [0.05, 0.1) is 26.3 Å². The van der Waals surface area contributed by atoms with Crippen LogP contribution in [-0.4, -0.2) is 11.4 Å². The normalized spacial score (nSPS) is 17.4. The van der Waals surface area contributed by atoms with E-state index in [1.165, 1.54) is 12.1 Å². The van der Waals surface area contributed by atoms with E-state index in [2.05, 4.69) is 5.32 Å². The van der Waals surface area contributed by atoms with Crippen molar-refractivity contribution in [3.05, 3.63) is 27.2 Å². The first-order valence-corrected chi connectivity index (χ1v) is 6.31. The molecule has 17 heavy (non-hydrogen) atoms. The van der Waals surface area contributed by atoms with E-state index in [4.69, 9.17) is 40.5 Å². The van der Waals surface area contributed by atoms with Gasteiger partial charge in [-0.15, -0.1) is 0 Å². The number of amides is 1. The first kappa shape index (κ1) is 13.0. The molecule has 1 amide bonds. The van der Waals surface area contributed by atoms with Gasteiger partial charge in [-0.2, -0.15) is 0 Å². The molecule has 1 saturated carbocycles. The van der Waals surface area contributed by atoms with Crippen molar-refractivity contribution in [2.24, 2.45) is 5.73 Å². The second-order valence-corrected chi connectivity index (χ2v) is 5.43. The van der Waals surface area contributed by atoms with Crippen molar-refractivity contribution in [3.63, 3.8) is 0 Å². The molecule has 6 heteroatoms. The fraction of sp³-hybridized carbons (Fsp3) is 0.364. The highest BCUT2D eigenvalue weighted by molar-refractivity contribution is 6.44. The molecule has 1 aromatic rings. The largest absolute Gasteiger partial charge is 0.323 e. The van der Waals surface area contributed by atoms with E-state index in [1.807, 2.05) is 0 Å². The number of rotatable bonds is 2. The SMILES string of the molecule is NC1(C(=O)Nc2cc(Cl)c(Cl)cc2Cl)CCC1. The molecule has 3 nitrogen and oxygen atoms in total. The predicted molar refractivity (Wildman–Crippen MR) is 70.9 cm³/mol. The smallest absolute Gasteiger partial charge is 0.244 e. The number of benzene rings is 1. The maximum Gasteiger partial charge on any atom is 0.244 e. The summed E-state index contributed by atoms with van der Waals surface area (Å²) in [7, 11) is 0. The molecule has 0 aromatic heterocycles. The summed E-state index contributed by atoms with van der Waals surface area (Å²) in [6.45, 7) is 0. The van der Waals surface area contributed by atoms with Crippen LogP contribution in [0.2, 0.25) is 15.1 Å². The molecule has 0 unspecified atom stereocenters. The maximum atomic E-state index is 11.9. The second kappa shape index (κ2) is 4.65. The van der Waals surface area contributed by atoms with Gasteiger partial charge in [-0.3, -0.25) is 4.79 Å². The van der Waals surface area contributed by atoms with Crippen molar-refractivity contribution >= 4 is 46.4 Å². The van der Waals surface area contributed by atoms with Gasteiger partial charge < -0.3 is 11.1 Å². The minimum absolute atomic E-state index is 0.232. The average molecular weight is 294 g/mol. The van der Waals surface area contributed by atoms with E-state index < -0.39 is 5.54 Å². The molecule has 1 aliphatic carbocycles. The van der Waals surface area contributed by atoms with Gasteiger partial charge >= 0.3 is 0 Å². The molecule has 3 N–H and O–H groups in total. The third-order valence-electron chi connectivity index (χ3n) is 2.96. The van der Waals surface area contributed by atoms with Crippen molar-refractivity contribution < 1.29 is 4.79 Å². The lowest BCUT2D eigenvalue weighted by atomic mass is 9.77. The molecule has 92 valence electrons. The second-order valence-electron chi connectivity index (χ2n) is 4.21. The highest BCUT2D eigenvalue weighted by Crippen LogP contribution is 2.34. The summed E-state index contributed by atoms with van der Waals surface area (Å²) >= 11 is 17.6. The molecule has 0 saturated heterocycles. The van der Waals surface area contributed by atoms with Crippen LogP contribution < -0.4 is 11.1 Å². The van der Waals surface area contributed by atoms with E-state index >= 15 is 0 Å². The summed E-state index contributed by atoms with van der Waals surface area (Å²) in [5, 5.41) is 3.71. The van der Waals surface area contributed by atoms with Gasteiger partial charge in [0.15, 0.2) is 0 Å². The Morgan fingerprint density at radius 2 is 1.76 bits per heavy atom. The molecule has 0 spiro atoms. The minimum atomic E-state index is -0.768. The van der Waals surface area contributed by atoms with Gasteiger partial charge in [-0.25, -0.2) is 0 Å². The third kappa shape index (κ3) is 2.52. The van der Waals surface area contributed by atoms with Gasteiger partial charge in [0, 0.05) is 0 Å². The fourth-order valence-corrected chi connectivity index (χ4v) is 2.24. The molecule has 1 fully saturated rings. The molecule has 0 atom stereocenters. The number of nitrogens with two attached hydrogens (primary N) is 1. The lowest BCUT2D eigenvalue weighted by Crippen LogP contribution is -2.56. The van der Waals surface area contributed by atoms with Crippen LogP contribution in [0.5, 0.6) is 0 Å². The number of hydrogen-bond donors (Lipinski definition) is 2. The zero-order chi connectivity index (χ0) is 12.6. The van der Waals surface area contributed by atoms with Crippen molar-refractivity contribution in [1.29, 1.82) is 0 Å². The number of hydrogen-bond acceptors (Lipinski definition) is 2. The van der Waals surface area contributed by atoms with Crippen molar-refractivity contribution in [2.75, 3.05) is 5.32 Å². The number of carbonyl (C=O) groups excluding carboxylic acids is 1. The number of carbonyl (C=O) groups is 1. The zero-order valence-corrected chi connectivity index (χ0v) is 11.2. The number of nitrogens with one attached hydrogen (secondary N) is 1. The van der Waals surface area contributed by atoms with Crippen LogP contribution in [0.25, 0.3) is 0 Å². The average Bonchev–Trinajstić information content (AvgIpc) is 2.22. The topological polar surface area (TPSA) is 55.1 Å². The van der Waals surface area contributed by atoms with Crippen LogP contribution in [0.3, 0.4) is 0 Å².